The number of thiophene rings is 1. The van der Waals surface area contributed by atoms with E-state index in [1.165, 1.54) is 31.0 Å². The molecule has 0 unspecified atom stereocenters. The molecule has 0 aliphatic carbocycles. The minimum atomic E-state index is -3.86. The minimum Gasteiger partial charge on any atom is -0.330 e. The Labute approximate surface area is 144 Å². The standard InChI is InChI=1S/C13H11ClN4O2S3/c14-11-12(17-3-4-22-13(17)16-11)23(19,20)18-5-8(1-2-15)9-6-21-7-10(9)18/h3-7H,1-2,15H2. The smallest absolute Gasteiger partial charge is 0.287 e. The molecule has 0 fully saturated rings. The molecule has 0 aliphatic rings. The van der Waals surface area contributed by atoms with Gasteiger partial charge >= 0.3 is 0 Å². The summed E-state index contributed by atoms with van der Waals surface area (Å²) in [6, 6.07) is 0. The first-order valence-corrected chi connectivity index (χ1v) is 10.3. The first kappa shape index (κ1) is 15.2. The molecule has 4 rings (SSSR count). The van der Waals surface area contributed by atoms with Crippen molar-refractivity contribution in [2.24, 2.45) is 5.73 Å². The Hall–Kier alpha value is -1.39. The highest BCUT2D eigenvalue weighted by Crippen LogP contribution is 2.32. The molecule has 4 aromatic heterocycles. The van der Waals surface area contributed by atoms with Crippen molar-refractivity contribution in [3.8, 4) is 0 Å². The number of nitrogens with zero attached hydrogens (tertiary/aromatic N) is 3. The lowest BCUT2D eigenvalue weighted by molar-refractivity contribution is 0.584. The number of imidazole rings is 1. The van der Waals surface area contributed by atoms with E-state index in [4.69, 9.17) is 17.3 Å². The van der Waals surface area contributed by atoms with Gasteiger partial charge in [-0.2, -0.15) is 8.42 Å². The fourth-order valence-electron chi connectivity index (χ4n) is 2.60. The van der Waals surface area contributed by atoms with E-state index in [2.05, 4.69) is 4.98 Å². The van der Waals surface area contributed by atoms with Gasteiger partial charge in [0.05, 0.1) is 5.52 Å². The predicted octanol–water partition coefficient (Wildman–Crippen LogP) is 2.80. The monoisotopic (exact) mass is 386 g/mol. The van der Waals surface area contributed by atoms with Crippen LogP contribution in [0.25, 0.3) is 15.9 Å². The zero-order valence-electron chi connectivity index (χ0n) is 11.6. The largest absolute Gasteiger partial charge is 0.330 e. The Morgan fingerprint density at radius 2 is 2.17 bits per heavy atom. The molecule has 2 N–H and O–H groups in total. The molecule has 120 valence electrons. The maximum Gasteiger partial charge on any atom is 0.287 e. The van der Waals surface area contributed by atoms with Gasteiger partial charge in [0.1, 0.15) is 0 Å². The molecular weight excluding hydrogens is 376 g/mol. The lowest BCUT2D eigenvalue weighted by Crippen LogP contribution is -2.14. The Bertz CT molecular complexity index is 1120. The van der Waals surface area contributed by atoms with Gasteiger partial charge in [0.2, 0.25) is 5.03 Å². The first-order valence-electron chi connectivity index (χ1n) is 6.67. The molecular formula is C13H11ClN4O2S3. The second-order valence-electron chi connectivity index (χ2n) is 4.93. The van der Waals surface area contributed by atoms with Gasteiger partial charge in [-0.05, 0) is 18.5 Å². The van der Waals surface area contributed by atoms with Crippen LogP contribution in [0, 0.1) is 0 Å². The van der Waals surface area contributed by atoms with E-state index in [1.54, 1.807) is 17.8 Å². The third-order valence-electron chi connectivity index (χ3n) is 3.59. The summed E-state index contributed by atoms with van der Waals surface area (Å²) in [7, 11) is -3.86. The summed E-state index contributed by atoms with van der Waals surface area (Å²) < 4.78 is 29.1. The van der Waals surface area contributed by atoms with E-state index in [-0.39, 0.29) is 10.2 Å². The molecule has 23 heavy (non-hydrogen) atoms. The Kier molecular flexibility index (Phi) is 3.50. The van der Waals surface area contributed by atoms with Crippen LogP contribution >= 0.6 is 34.3 Å². The molecule has 0 bridgehead atoms. The average Bonchev–Trinajstić information content (AvgIpc) is 3.19. The van der Waals surface area contributed by atoms with Crippen molar-refractivity contribution in [1.82, 2.24) is 13.4 Å². The van der Waals surface area contributed by atoms with Crippen LogP contribution in [0.15, 0.2) is 33.6 Å². The van der Waals surface area contributed by atoms with Crippen LogP contribution in [0.3, 0.4) is 0 Å². The van der Waals surface area contributed by atoms with Crippen LogP contribution in [0.5, 0.6) is 0 Å². The topological polar surface area (TPSA) is 82.4 Å². The fraction of sp³-hybridized carbons (Fsp3) is 0.154. The van der Waals surface area contributed by atoms with Gasteiger partial charge in [0.15, 0.2) is 10.1 Å². The van der Waals surface area contributed by atoms with Gasteiger partial charge in [-0.15, -0.1) is 22.7 Å². The lowest BCUT2D eigenvalue weighted by Gasteiger charge is -2.06. The van der Waals surface area contributed by atoms with E-state index in [9.17, 15) is 8.42 Å². The van der Waals surface area contributed by atoms with Crippen LogP contribution in [-0.4, -0.2) is 28.3 Å². The minimum absolute atomic E-state index is 0.0159. The highest BCUT2D eigenvalue weighted by atomic mass is 35.5. The number of halogens is 1. The third kappa shape index (κ3) is 2.15. The summed E-state index contributed by atoms with van der Waals surface area (Å²) >= 11 is 8.89. The molecule has 0 aliphatic heterocycles. The summed E-state index contributed by atoms with van der Waals surface area (Å²) in [5.41, 5.74) is 7.18. The summed E-state index contributed by atoms with van der Waals surface area (Å²) in [4.78, 5) is 4.66. The van der Waals surface area contributed by atoms with E-state index < -0.39 is 10.0 Å². The molecule has 0 saturated carbocycles. The van der Waals surface area contributed by atoms with E-state index in [0.29, 0.717) is 23.4 Å². The van der Waals surface area contributed by atoms with E-state index in [0.717, 1.165) is 10.9 Å². The van der Waals surface area contributed by atoms with Crippen molar-refractivity contribution in [3.05, 3.63) is 39.3 Å². The molecule has 4 heterocycles. The van der Waals surface area contributed by atoms with Crippen molar-refractivity contribution >= 4 is 60.2 Å². The summed E-state index contributed by atoms with van der Waals surface area (Å²) in [6.45, 7) is 0.456. The van der Waals surface area contributed by atoms with Gasteiger partial charge in [-0.1, -0.05) is 11.6 Å². The SMILES string of the molecule is NCCc1cn(S(=O)(=O)c2c(Cl)nc3sccn23)c2cscc12. The summed E-state index contributed by atoms with van der Waals surface area (Å²) in [5.74, 6) is 0. The quantitative estimate of drug-likeness (QED) is 0.584. The molecule has 0 amide bonds. The number of hydrogen-bond donors (Lipinski definition) is 1. The number of rotatable bonds is 4. The number of nitrogens with two attached hydrogens (primary N) is 1. The van der Waals surface area contributed by atoms with E-state index in [1.807, 2.05) is 10.8 Å². The first-order chi connectivity index (χ1) is 11.0. The molecule has 0 radical (unpaired) electrons. The summed E-state index contributed by atoms with van der Waals surface area (Å²) in [6.07, 6.45) is 3.90. The zero-order chi connectivity index (χ0) is 16.2. The molecule has 4 aromatic rings. The summed E-state index contributed by atoms with van der Waals surface area (Å²) in [5, 5.41) is 6.39. The van der Waals surface area contributed by atoms with Crippen LogP contribution in [0.1, 0.15) is 5.56 Å². The van der Waals surface area contributed by atoms with E-state index >= 15 is 0 Å². The van der Waals surface area contributed by atoms with Gasteiger partial charge in [0.25, 0.3) is 10.0 Å². The Balaban J connectivity index is 2.01. The number of fused-ring (bicyclic) bond motifs is 2. The number of hydrogen-bond acceptors (Lipinski definition) is 6. The van der Waals surface area contributed by atoms with Crippen molar-refractivity contribution in [2.75, 3.05) is 6.54 Å². The highest BCUT2D eigenvalue weighted by Gasteiger charge is 2.29. The predicted molar refractivity (Wildman–Crippen MR) is 93.2 cm³/mol. The Morgan fingerprint density at radius 3 is 2.96 bits per heavy atom. The average molecular weight is 387 g/mol. The maximum atomic E-state index is 13.2. The highest BCUT2D eigenvalue weighted by molar-refractivity contribution is 7.90. The lowest BCUT2D eigenvalue weighted by atomic mass is 10.2. The van der Waals surface area contributed by atoms with Crippen molar-refractivity contribution in [3.63, 3.8) is 0 Å². The van der Waals surface area contributed by atoms with Crippen molar-refractivity contribution < 1.29 is 8.42 Å². The van der Waals surface area contributed by atoms with Crippen LogP contribution in [0.4, 0.5) is 0 Å². The molecule has 0 saturated heterocycles. The molecule has 0 aromatic carbocycles. The van der Waals surface area contributed by atoms with Gasteiger partial charge in [-0.3, -0.25) is 4.40 Å². The van der Waals surface area contributed by atoms with Crippen LogP contribution in [0.2, 0.25) is 5.15 Å². The molecule has 0 atom stereocenters. The Morgan fingerprint density at radius 1 is 1.35 bits per heavy atom. The maximum absolute atomic E-state index is 13.2. The second-order valence-corrected chi connectivity index (χ2v) is 8.63. The third-order valence-corrected chi connectivity index (χ3v) is 7.16. The van der Waals surface area contributed by atoms with Crippen LogP contribution in [-0.2, 0) is 16.4 Å². The molecule has 10 heteroatoms. The van der Waals surface area contributed by atoms with Gasteiger partial charge < -0.3 is 5.73 Å². The number of thiazole rings is 1. The van der Waals surface area contributed by atoms with Crippen LogP contribution < -0.4 is 5.73 Å². The normalized spacial score (nSPS) is 12.6. The molecule has 6 nitrogen and oxygen atoms in total. The second kappa shape index (κ2) is 5.32. The molecule has 0 spiro atoms. The van der Waals surface area contributed by atoms with Crippen molar-refractivity contribution in [2.45, 2.75) is 11.4 Å². The van der Waals surface area contributed by atoms with Crippen molar-refractivity contribution in [1.29, 1.82) is 0 Å². The fourth-order valence-corrected chi connectivity index (χ4v) is 6.31. The van der Waals surface area contributed by atoms with Gasteiger partial charge in [-0.25, -0.2) is 8.96 Å². The zero-order valence-corrected chi connectivity index (χ0v) is 14.8. The van der Waals surface area contributed by atoms with Gasteiger partial charge in [0, 0.05) is 33.9 Å². The number of aromatic nitrogens is 3.